The minimum absolute atomic E-state index is 0.188. The SMILES string of the molecule is CCCn1ncc(-c2ccc(CNC)cc2F)c1C. The summed E-state index contributed by atoms with van der Waals surface area (Å²) in [5.41, 5.74) is 3.46. The molecule has 0 spiro atoms. The average Bonchev–Trinajstić information content (AvgIpc) is 2.73. The van der Waals surface area contributed by atoms with E-state index < -0.39 is 0 Å². The van der Waals surface area contributed by atoms with Crippen LogP contribution >= 0.6 is 0 Å². The van der Waals surface area contributed by atoms with Gasteiger partial charge < -0.3 is 5.32 Å². The molecule has 1 heterocycles. The summed E-state index contributed by atoms with van der Waals surface area (Å²) in [5.74, 6) is -0.188. The summed E-state index contributed by atoms with van der Waals surface area (Å²) in [7, 11) is 1.85. The zero-order chi connectivity index (χ0) is 13.8. The third-order valence-corrected chi connectivity index (χ3v) is 3.24. The smallest absolute Gasteiger partial charge is 0.131 e. The molecule has 0 bridgehead atoms. The van der Waals surface area contributed by atoms with Crippen LogP contribution in [-0.4, -0.2) is 16.8 Å². The van der Waals surface area contributed by atoms with Crippen molar-refractivity contribution in [2.45, 2.75) is 33.4 Å². The molecule has 0 atom stereocenters. The fourth-order valence-corrected chi connectivity index (χ4v) is 2.24. The van der Waals surface area contributed by atoms with Crippen molar-refractivity contribution in [1.29, 1.82) is 0 Å². The highest BCUT2D eigenvalue weighted by atomic mass is 19.1. The van der Waals surface area contributed by atoms with E-state index in [0.717, 1.165) is 29.8 Å². The third-order valence-electron chi connectivity index (χ3n) is 3.24. The fraction of sp³-hybridized carbons (Fsp3) is 0.400. The van der Waals surface area contributed by atoms with Crippen LogP contribution in [0.15, 0.2) is 24.4 Å². The van der Waals surface area contributed by atoms with E-state index in [1.54, 1.807) is 12.3 Å². The third kappa shape index (κ3) is 2.84. The van der Waals surface area contributed by atoms with Crippen molar-refractivity contribution in [1.82, 2.24) is 15.1 Å². The van der Waals surface area contributed by atoms with E-state index in [1.165, 1.54) is 0 Å². The molecule has 0 aliphatic carbocycles. The minimum Gasteiger partial charge on any atom is -0.316 e. The molecule has 2 aromatic rings. The molecule has 0 saturated carbocycles. The maximum atomic E-state index is 14.2. The van der Waals surface area contributed by atoms with Gasteiger partial charge in [-0.25, -0.2) is 4.39 Å². The second kappa shape index (κ2) is 5.97. The second-order valence-corrected chi connectivity index (χ2v) is 4.71. The Balaban J connectivity index is 2.36. The van der Waals surface area contributed by atoms with Crippen LogP contribution in [0.4, 0.5) is 4.39 Å². The standard InChI is InChI=1S/C15H20FN3/c1-4-7-19-11(2)14(10-18-19)13-6-5-12(9-17-3)8-15(13)16/h5-6,8,10,17H,4,7,9H2,1-3H3. The highest BCUT2D eigenvalue weighted by Crippen LogP contribution is 2.26. The lowest BCUT2D eigenvalue weighted by atomic mass is 10.0. The van der Waals surface area contributed by atoms with Gasteiger partial charge in [-0.2, -0.15) is 5.10 Å². The largest absolute Gasteiger partial charge is 0.316 e. The van der Waals surface area contributed by atoms with Gasteiger partial charge in [0.15, 0.2) is 0 Å². The first-order valence-electron chi connectivity index (χ1n) is 6.63. The number of nitrogens with zero attached hydrogens (tertiary/aromatic N) is 2. The van der Waals surface area contributed by atoms with Crippen LogP contribution in [0, 0.1) is 12.7 Å². The number of hydrogen-bond donors (Lipinski definition) is 1. The van der Waals surface area contributed by atoms with Gasteiger partial charge in [-0.3, -0.25) is 4.68 Å². The van der Waals surface area contributed by atoms with E-state index in [2.05, 4.69) is 17.3 Å². The molecule has 102 valence electrons. The van der Waals surface area contributed by atoms with Gasteiger partial charge >= 0.3 is 0 Å². The lowest BCUT2D eigenvalue weighted by Gasteiger charge is -2.07. The Bertz CT molecular complexity index is 561. The van der Waals surface area contributed by atoms with E-state index >= 15 is 0 Å². The molecular formula is C15H20FN3. The molecule has 2 rings (SSSR count). The molecule has 0 unspecified atom stereocenters. The number of halogens is 1. The molecule has 0 aliphatic heterocycles. The van der Waals surface area contributed by atoms with Crippen LogP contribution in [0.3, 0.4) is 0 Å². The minimum atomic E-state index is -0.188. The lowest BCUT2D eigenvalue weighted by Crippen LogP contribution is -2.05. The van der Waals surface area contributed by atoms with Crippen molar-refractivity contribution in [2.24, 2.45) is 0 Å². The summed E-state index contributed by atoms with van der Waals surface area (Å²) in [6.45, 7) is 5.63. The molecule has 1 N–H and O–H groups in total. The van der Waals surface area contributed by atoms with Crippen LogP contribution in [0.25, 0.3) is 11.1 Å². The average molecular weight is 261 g/mol. The number of hydrogen-bond acceptors (Lipinski definition) is 2. The van der Waals surface area contributed by atoms with Gasteiger partial charge in [0, 0.05) is 29.9 Å². The molecular weight excluding hydrogens is 241 g/mol. The summed E-state index contributed by atoms with van der Waals surface area (Å²) >= 11 is 0. The topological polar surface area (TPSA) is 29.9 Å². The number of benzene rings is 1. The molecule has 0 radical (unpaired) electrons. The first kappa shape index (κ1) is 13.7. The Morgan fingerprint density at radius 1 is 1.32 bits per heavy atom. The maximum absolute atomic E-state index is 14.2. The highest BCUT2D eigenvalue weighted by molar-refractivity contribution is 5.66. The summed E-state index contributed by atoms with van der Waals surface area (Å²) in [6.07, 6.45) is 2.77. The van der Waals surface area contributed by atoms with Crippen molar-refractivity contribution in [3.8, 4) is 11.1 Å². The Labute approximate surface area is 113 Å². The van der Waals surface area contributed by atoms with Crippen molar-refractivity contribution < 1.29 is 4.39 Å². The molecule has 3 nitrogen and oxygen atoms in total. The Morgan fingerprint density at radius 2 is 2.11 bits per heavy atom. The van der Waals surface area contributed by atoms with Gasteiger partial charge in [0.25, 0.3) is 0 Å². The monoisotopic (exact) mass is 261 g/mol. The predicted octanol–water partition coefficient (Wildman–Crippen LogP) is 3.13. The first-order chi connectivity index (χ1) is 9.17. The van der Waals surface area contributed by atoms with Crippen LogP contribution in [0.1, 0.15) is 24.6 Å². The molecule has 1 aromatic heterocycles. The van der Waals surface area contributed by atoms with Gasteiger partial charge in [0.2, 0.25) is 0 Å². The molecule has 0 saturated heterocycles. The van der Waals surface area contributed by atoms with E-state index in [1.807, 2.05) is 30.8 Å². The maximum Gasteiger partial charge on any atom is 0.131 e. The normalized spacial score (nSPS) is 10.9. The van der Waals surface area contributed by atoms with Crippen molar-refractivity contribution in [2.75, 3.05) is 7.05 Å². The van der Waals surface area contributed by atoms with Gasteiger partial charge in [0.05, 0.1) is 6.20 Å². The first-order valence-corrected chi connectivity index (χ1v) is 6.63. The number of rotatable bonds is 5. The van der Waals surface area contributed by atoms with Crippen LogP contribution in [-0.2, 0) is 13.1 Å². The van der Waals surface area contributed by atoms with E-state index in [9.17, 15) is 4.39 Å². The van der Waals surface area contributed by atoms with Crippen molar-refractivity contribution >= 4 is 0 Å². The molecule has 1 aromatic carbocycles. The van der Waals surface area contributed by atoms with Gasteiger partial charge in [-0.15, -0.1) is 0 Å². The lowest BCUT2D eigenvalue weighted by molar-refractivity contribution is 0.587. The Morgan fingerprint density at radius 3 is 2.74 bits per heavy atom. The molecule has 0 fully saturated rings. The van der Waals surface area contributed by atoms with Gasteiger partial charge in [0.1, 0.15) is 5.82 Å². The molecule has 0 aliphatic rings. The highest BCUT2D eigenvalue weighted by Gasteiger charge is 2.12. The zero-order valence-corrected chi connectivity index (χ0v) is 11.7. The van der Waals surface area contributed by atoms with Gasteiger partial charge in [-0.05, 0) is 32.0 Å². The summed E-state index contributed by atoms with van der Waals surface area (Å²) in [5, 5.41) is 7.34. The van der Waals surface area contributed by atoms with Crippen molar-refractivity contribution in [3.05, 3.63) is 41.5 Å². The second-order valence-electron chi connectivity index (χ2n) is 4.71. The van der Waals surface area contributed by atoms with Gasteiger partial charge in [-0.1, -0.05) is 19.1 Å². The van der Waals surface area contributed by atoms with E-state index in [4.69, 9.17) is 0 Å². The van der Waals surface area contributed by atoms with Crippen LogP contribution in [0.2, 0.25) is 0 Å². The predicted molar refractivity (Wildman–Crippen MR) is 75.4 cm³/mol. The molecule has 19 heavy (non-hydrogen) atoms. The van der Waals surface area contributed by atoms with E-state index in [-0.39, 0.29) is 5.82 Å². The number of aryl methyl sites for hydroxylation is 1. The van der Waals surface area contributed by atoms with E-state index in [0.29, 0.717) is 12.1 Å². The number of nitrogens with one attached hydrogen (secondary N) is 1. The summed E-state index contributed by atoms with van der Waals surface area (Å²) < 4.78 is 16.1. The molecule has 0 amide bonds. The van der Waals surface area contributed by atoms with Crippen LogP contribution < -0.4 is 5.32 Å². The number of aromatic nitrogens is 2. The zero-order valence-electron chi connectivity index (χ0n) is 11.7. The Kier molecular flexibility index (Phi) is 4.32. The summed E-state index contributed by atoms with van der Waals surface area (Å²) in [6, 6.07) is 5.37. The van der Waals surface area contributed by atoms with Crippen molar-refractivity contribution in [3.63, 3.8) is 0 Å². The fourth-order valence-electron chi connectivity index (χ4n) is 2.24. The Hall–Kier alpha value is -1.68. The quantitative estimate of drug-likeness (QED) is 0.896. The van der Waals surface area contributed by atoms with Crippen LogP contribution in [0.5, 0.6) is 0 Å². The summed E-state index contributed by atoms with van der Waals surface area (Å²) in [4.78, 5) is 0. The molecule has 4 heteroatoms.